The van der Waals surface area contributed by atoms with E-state index in [1.165, 1.54) is 11.3 Å². The van der Waals surface area contributed by atoms with Crippen molar-refractivity contribution in [3.63, 3.8) is 0 Å². The summed E-state index contributed by atoms with van der Waals surface area (Å²) in [6.07, 6.45) is 10.5. The number of hydrogen-bond acceptors (Lipinski definition) is 2. The molecule has 25 heavy (non-hydrogen) atoms. The number of para-hydroxylation sites is 2. The highest BCUT2D eigenvalue weighted by molar-refractivity contribution is 5.54. The first-order chi connectivity index (χ1) is 12.1. The molecule has 2 heteroatoms. The molecule has 0 aliphatic rings. The predicted molar refractivity (Wildman–Crippen MR) is 111 cm³/mol. The second-order valence-corrected chi connectivity index (χ2v) is 6.86. The third-order valence-electron chi connectivity index (χ3n) is 4.22. The van der Waals surface area contributed by atoms with Gasteiger partial charge in [-0.15, -0.1) is 0 Å². The van der Waals surface area contributed by atoms with Gasteiger partial charge in [-0.1, -0.05) is 69.3 Å². The Hall–Kier alpha value is -2.48. The predicted octanol–water partition coefficient (Wildman–Crippen LogP) is 6.36. The highest BCUT2D eigenvalue weighted by atomic mass is 14.9. The average molecular weight is 335 g/mol. The van der Waals surface area contributed by atoms with E-state index in [4.69, 9.17) is 0 Å². The van der Waals surface area contributed by atoms with Crippen LogP contribution in [0.5, 0.6) is 0 Å². The van der Waals surface area contributed by atoms with Crippen LogP contribution in [0.3, 0.4) is 0 Å². The summed E-state index contributed by atoms with van der Waals surface area (Å²) in [4.78, 5) is 0. The van der Waals surface area contributed by atoms with Crippen molar-refractivity contribution in [1.82, 2.24) is 0 Å². The van der Waals surface area contributed by atoms with Crippen LogP contribution in [0.4, 0.5) is 11.4 Å². The smallest absolute Gasteiger partial charge is 0.0379 e. The van der Waals surface area contributed by atoms with E-state index in [0.717, 1.165) is 25.1 Å². The topological polar surface area (TPSA) is 24.1 Å². The highest BCUT2D eigenvalue weighted by Crippen LogP contribution is 2.33. The number of nitrogens with one attached hydrogen (secondary N) is 2. The van der Waals surface area contributed by atoms with Gasteiger partial charge in [0.15, 0.2) is 0 Å². The number of allylic oxidation sites excluding steroid dienone is 3. The standard InChI is InChI=1S/C23H30N2/c1-4-18-25-22-16-10-9-15-21(22)23(2,3)17-11-6-12-19-24-20-13-7-5-8-14-20/h5-16,19,24-25H,4,17-18H2,1-3H3/b11-6+,19-12+. The van der Waals surface area contributed by atoms with Crippen molar-refractivity contribution >= 4 is 11.4 Å². The molecule has 2 aromatic rings. The van der Waals surface area contributed by atoms with Crippen LogP contribution in [0.1, 0.15) is 39.2 Å². The van der Waals surface area contributed by atoms with Gasteiger partial charge in [0.2, 0.25) is 0 Å². The maximum Gasteiger partial charge on any atom is 0.0379 e. The van der Waals surface area contributed by atoms with Gasteiger partial charge < -0.3 is 10.6 Å². The Morgan fingerprint density at radius 1 is 0.920 bits per heavy atom. The molecule has 0 radical (unpaired) electrons. The summed E-state index contributed by atoms with van der Waals surface area (Å²) < 4.78 is 0. The van der Waals surface area contributed by atoms with Gasteiger partial charge >= 0.3 is 0 Å². The van der Waals surface area contributed by atoms with Crippen LogP contribution < -0.4 is 10.6 Å². The number of anilines is 2. The van der Waals surface area contributed by atoms with E-state index in [-0.39, 0.29) is 5.41 Å². The minimum absolute atomic E-state index is 0.0918. The Bertz CT molecular complexity index is 684. The lowest BCUT2D eigenvalue weighted by atomic mass is 9.80. The van der Waals surface area contributed by atoms with Crippen molar-refractivity contribution in [2.45, 2.75) is 39.0 Å². The van der Waals surface area contributed by atoms with Gasteiger partial charge in [0.1, 0.15) is 0 Å². The quantitative estimate of drug-likeness (QED) is 0.521. The summed E-state index contributed by atoms with van der Waals surface area (Å²) >= 11 is 0. The molecular formula is C23H30N2. The Kier molecular flexibility index (Phi) is 7.34. The first kappa shape index (κ1) is 18.9. The molecule has 0 unspecified atom stereocenters. The van der Waals surface area contributed by atoms with Gasteiger partial charge in [-0.2, -0.15) is 0 Å². The molecule has 0 amide bonds. The number of hydrogen-bond donors (Lipinski definition) is 2. The summed E-state index contributed by atoms with van der Waals surface area (Å²) in [6.45, 7) is 7.81. The van der Waals surface area contributed by atoms with Crippen molar-refractivity contribution in [1.29, 1.82) is 0 Å². The van der Waals surface area contributed by atoms with Crippen LogP contribution in [-0.4, -0.2) is 6.54 Å². The monoisotopic (exact) mass is 334 g/mol. The lowest BCUT2D eigenvalue weighted by Gasteiger charge is -2.27. The van der Waals surface area contributed by atoms with Gasteiger partial charge in [-0.3, -0.25) is 0 Å². The molecule has 0 bridgehead atoms. The van der Waals surface area contributed by atoms with Gasteiger partial charge in [0.05, 0.1) is 0 Å². The maximum absolute atomic E-state index is 3.55. The van der Waals surface area contributed by atoms with E-state index in [0.29, 0.717) is 0 Å². The molecule has 0 aromatic heterocycles. The first-order valence-corrected chi connectivity index (χ1v) is 9.10. The molecule has 2 N–H and O–H groups in total. The van der Waals surface area contributed by atoms with Crippen LogP contribution >= 0.6 is 0 Å². The fraction of sp³-hybridized carbons (Fsp3) is 0.304. The summed E-state index contributed by atoms with van der Waals surface area (Å²) in [5.74, 6) is 0. The Labute approximate surface area is 152 Å². The average Bonchev–Trinajstić information content (AvgIpc) is 2.64. The van der Waals surface area contributed by atoms with E-state index in [1.54, 1.807) is 0 Å². The molecule has 132 valence electrons. The molecule has 0 aliphatic heterocycles. The minimum Gasteiger partial charge on any atom is -0.385 e. The number of benzene rings is 2. The van der Waals surface area contributed by atoms with Crippen LogP contribution in [0.2, 0.25) is 0 Å². The Morgan fingerprint density at radius 2 is 1.64 bits per heavy atom. The van der Waals surface area contributed by atoms with Crippen LogP contribution in [0, 0.1) is 0 Å². The first-order valence-electron chi connectivity index (χ1n) is 9.10. The molecule has 2 aromatic carbocycles. The zero-order valence-electron chi connectivity index (χ0n) is 15.6. The van der Waals surface area contributed by atoms with Crippen molar-refractivity contribution in [2.75, 3.05) is 17.2 Å². The second kappa shape index (κ2) is 9.73. The summed E-state index contributed by atoms with van der Waals surface area (Å²) in [7, 11) is 0. The third-order valence-corrected chi connectivity index (χ3v) is 4.22. The minimum atomic E-state index is 0.0918. The highest BCUT2D eigenvalue weighted by Gasteiger charge is 2.21. The zero-order chi connectivity index (χ0) is 18.0. The normalized spacial score (nSPS) is 12.0. The molecular weight excluding hydrogens is 304 g/mol. The summed E-state index contributed by atoms with van der Waals surface area (Å²) in [5.41, 5.74) is 3.82. The molecule has 0 saturated heterocycles. The van der Waals surface area contributed by atoms with Crippen LogP contribution in [0.25, 0.3) is 0 Å². The fourth-order valence-electron chi connectivity index (χ4n) is 2.77. The van der Waals surface area contributed by atoms with Crippen molar-refractivity contribution in [2.24, 2.45) is 0 Å². The summed E-state index contributed by atoms with van der Waals surface area (Å²) in [5, 5.41) is 6.81. The molecule has 2 rings (SSSR count). The second-order valence-electron chi connectivity index (χ2n) is 6.86. The fourth-order valence-corrected chi connectivity index (χ4v) is 2.77. The lowest BCUT2D eigenvalue weighted by molar-refractivity contribution is 0.535. The molecule has 0 aliphatic carbocycles. The Balaban J connectivity index is 1.92. The Morgan fingerprint density at radius 3 is 2.40 bits per heavy atom. The van der Waals surface area contributed by atoms with Gasteiger partial charge in [-0.05, 0) is 48.1 Å². The van der Waals surface area contributed by atoms with E-state index in [9.17, 15) is 0 Å². The summed E-state index contributed by atoms with van der Waals surface area (Å²) in [6, 6.07) is 18.8. The maximum atomic E-state index is 3.55. The van der Waals surface area contributed by atoms with Gasteiger partial charge in [0, 0.05) is 24.1 Å². The number of rotatable bonds is 9. The van der Waals surface area contributed by atoms with Crippen molar-refractivity contribution in [3.8, 4) is 0 Å². The van der Waals surface area contributed by atoms with Crippen LogP contribution in [0.15, 0.2) is 79.0 Å². The third kappa shape index (κ3) is 6.15. The van der Waals surface area contributed by atoms with E-state index in [2.05, 4.69) is 80.0 Å². The van der Waals surface area contributed by atoms with Crippen molar-refractivity contribution in [3.05, 3.63) is 84.6 Å². The van der Waals surface area contributed by atoms with Crippen LogP contribution in [-0.2, 0) is 5.41 Å². The van der Waals surface area contributed by atoms with Crippen molar-refractivity contribution < 1.29 is 0 Å². The van der Waals surface area contributed by atoms with Gasteiger partial charge in [-0.25, -0.2) is 0 Å². The van der Waals surface area contributed by atoms with E-state index < -0.39 is 0 Å². The lowest BCUT2D eigenvalue weighted by Crippen LogP contribution is -2.18. The molecule has 0 saturated carbocycles. The SMILES string of the molecule is CCCNc1ccccc1C(C)(C)C/C=C/C=C/Nc1ccccc1. The molecule has 0 spiro atoms. The van der Waals surface area contributed by atoms with Gasteiger partial charge in [0.25, 0.3) is 0 Å². The molecule has 0 atom stereocenters. The van der Waals surface area contributed by atoms with E-state index in [1.807, 2.05) is 30.5 Å². The van der Waals surface area contributed by atoms with E-state index >= 15 is 0 Å². The largest absolute Gasteiger partial charge is 0.385 e. The molecule has 0 fully saturated rings. The molecule has 0 heterocycles. The zero-order valence-corrected chi connectivity index (χ0v) is 15.6. The molecule has 2 nitrogen and oxygen atoms in total.